The first kappa shape index (κ1) is 11.7. The fourth-order valence-electron chi connectivity index (χ4n) is 0.737. The highest BCUT2D eigenvalue weighted by molar-refractivity contribution is 8.02. The molecular weight excluding hydrogens is 240 g/mol. The van der Waals surface area contributed by atoms with Crippen LogP contribution >= 0.6 is 35.3 Å². The van der Waals surface area contributed by atoms with Crippen LogP contribution in [-0.2, 0) is 16.6 Å². The van der Waals surface area contributed by atoms with Crippen molar-refractivity contribution in [3.63, 3.8) is 0 Å². The number of carbonyl (C=O) groups is 1. The lowest BCUT2D eigenvalue weighted by atomic mass is 10.5. The first-order chi connectivity index (χ1) is 6.54. The quantitative estimate of drug-likeness (QED) is 0.465. The third-order valence-electron chi connectivity index (χ3n) is 1.48. The number of rotatable bonds is 3. The smallest absolute Gasteiger partial charge is 0.318 e. The zero-order chi connectivity index (χ0) is 10.7. The van der Waals surface area contributed by atoms with Gasteiger partial charge >= 0.3 is 5.97 Å². The molecule has 0 fully saturated rings. The molecule has 0 aliphatic heterocycles. The SMILES string of the molecule is COC(=O)C(C)Sc1nn(C)c(=S)s1. The van der Waals surface area contributed by atoms with Crippen molar-refractivity contribution in [1.29, 1.82) is 0 Å². The Kier molecular flexibility index (Phi) is 4.09. The summed E-state index contributed by atoms with van der Waals surface area (Å²) < 4.78 is 7.71. The fraction of sp³-hybridized carbons (Fsp3) is 0.571. The van der Waals surface area contributed by atoms with E-state index in [1.807, 2.05) is 0 Å². The largest absolute Gasteiger partial charge is 0.468 e. The van der Waals surface area contributed by atoms with E-state index in [0.717, 1.165) is 4.34 Å². The topological polar surface area (TPSA) is 44.1 Å². The van der Waals surface area contributed by atoms with E-state index in [9.17, 15) is 4.79 Å². The van der Waals surface area contributed by atoms with Gasteiger partial charge in [0.15, 0.2) is 8.29 Å². The van der Waals surface area contributed by atoms with E-state index < -0.39 is 0 Å². The summed E-state index contributed by atoms with van der Waals surface area (Å²) in [6.07, 6.45) is 0. The molecule has 0 radical (unpaired) electrons. The Hall–Kier alpha value is -0.400. The van der Waals surface area contributed by atoms with Gasteiger partial charge in [-0.2, -0.15) is 5.10 Å². The highest BCUT2D eigenvalue weighted by atomic mass is 32.2. The van der Waals surface area contributed by atoms with Crippen LogP contribution in [0.4, 0.5) is 0 Å². The van der Waals surface area contributed by atoms with E-state index in [-0.39, 0.29) is 11.2 Å². The van der Waals surface area contributed by atoms with Crippen molar-refractivity contribution < 1.29 is 9.53 Å². The Morgan fingerprint density at radius 1 is 1.79 bits per heavy atom. The van der Waals surface area contributed by atoms with Crippen LogP contribution in [0.3, 0.4) is 0 Å². The summed E-state index contributed by atoms with van der Waals surface area (Å²) in [6, 6.07) is 0. The van der Waals surface area contributed by atoms with Gasteiger partial charge in [0, 0.05) is 7.05 Å². The molecule has 1 aromatic heterocycles. The summed E-state index contributed by atoms with van der Waals surface area (Å²) in [7, 11) is 3.16. The zero-order valence-corrected chi connectivity index (χ0v) is 10.5. The summed E-state index contributed by atoms with van der Waals surface area (Å²) >= 11 is 7.76. The summed E-state index contributed by atoms with van der Waals surface area (Å²) in [5.74, 6) is -0.251. The van der Waals surface area contributed by atoms with Crippen molar-refractivity contribution in [3.8, 4) is 0 Å². The molecule has 0 N–H and O–H groups in total. The fourth-order valence-corrected chi connectivity index (χ4v) is 3.19. The maximum atomic E-state index is 11.1. The molecule has 1 aromatic rings. The standard InChI is InChI=1S/C7H10N2O2S3/c1-4(5(10)11-3)13-6-8-9(2)7(12)14-6/h4H,1-3H3. The van der Waals surface area contributed by atoms with Gasteiger partial charge in [0.1, 0.15) is 5.25 Å². The van der Waals surface area contributed by atoms with Crippen molar-refractivity contribution in [2.75, 3.05) is 7.11 Å². The average Bonchev–Trinajstić information content (AvgIpc) is 2.44. The summed E-state index contributed by atoms with van der Waals surface area (Å²) in [4.78, 5) is 11.1. The van der Waals surface area contributed by atoms with Crippen LogP contribution < -0.4 is 0 Å². The second-order valence-corrected chi connectivity index (χ2v) is 5.75. The van der Waals surface area contributed by atoms with Gasteiger partial charge in [-0.1, -0.05) is 23.1 Å². The van der Waals surface area contributed by atoms with Crippen LogP contribution in [-0.4, -0.2) is 28.1 Å². The molecule has 14 heavy (non-hydrogen) atoms. The molecule has 0 amide bonds. The molecule has 0 bridgehead atoms. The van der Waals surface area contributed by atoms with Crippen LogP contribution in [0.15, 0.2) is 4.34 Å². The molecular formula is C7H10N2O2S3. The minimum absolute atomic E-state index is 0.249. The predicted molar refractivity (Wildman–Crippen MR) is 59.3 cm³/mol. The molecule has 1 heterocycles. The number of aryl methyl sites for hydroxylation is 1. The molecule has 0 saturated heterocycles. The number of carbonyl (C=O) groups excluding carboxylic acids is 1. The highest BCUT2D eigenvalue weighted by Gasteiger charge is 2.16. The highest BCUT2D eigenvalue weighted by Crippen LogP contribution is 2.26. The van der Waals surface area contributed by atoms with E-state index in [0.29, 0.717) is 3.95 Å². The molecule has 0 aliphatic rings. The van der Waals surface area contributed by atoms with Gasteiger partial charge in [-0.15, -0.1) is 0 Å². The number of methoxy groups -OCH3 is 1. The van der Waals surface area contributed by atoms with Crippen LogP contribution in [0.5, 0.6) is 0 Å². The summed E-state index contributed by atoms with van der Waals surface area (Å²) in [6.45, 7) is 1.78. The summed E-state index contributed by atoms with van der Waals surface area (Å²) in [5.41, 5.74) is 0. The molecule has 0 spiro atoms. The maximum Gasteiger partial charge on any atom is 0.318 e. The Balaban J connectivity index is 2.69. The Labute approximate surface area is 95.3 Å². The molecule has 0 aromatic carbocycles. The van der Waals surface area contributed by atoms with Gasteiger partial charge in [0.2, 0.25) is 0 Å². The minimum Gasteiger partial charge on any atom is -0.468 e. The second kappa shape index (κ2) is 4.90. The third-order valence-corrected chi connectivity index (χ3v) is 4.06. The Morgan fingerprint density at radius 3 is 2.86 bits per heavy atom. The van der Waals surface area contributed by atoms with Crippen LogP contribution in [0, 0.1) is 3.95 Å². The summed E-state index contributed by atoms with van der Waals surface area (Å²) in [5, 5.41) is 3.90. The van der Waals surface area contributed by atoms with E-state index >= 15 is 0 Å². The molecule has 4 nitrogen and oxygen atoms in total. The van der Waals surface area contributed by atoms with Gasteiger partial charge in [-0.05, 0) is 19.1 Å². The third kappa shape index (κ3) is 2.79. The molecule has 0 saturated carbocycles. The van der Waals surface area contributed by atoms with E-state index in [4.69, 9.17) is 12.2 Å². The maximum absolute atomic E-state index is 11.1. The Morgan fingerprint density at radius 2 is 2.43 bits per heavy atom. The van der Waals surface area contributed by atoms with Crippen LogP contribution in [0.1, 0.15) is 6.92 Å². The lowest BCUT2D eigenvalue weighted by molar-refractivity contribution is -0.139. The van der Waals surface area contributed by atoms with Crippen molar-refractivity contribution in [1.82, 2.24) is 9.78 Å². The molecule has 0 aliphatic carbocycles. The molecule has 1 atom stereocenters. The van der Waals surface area contributed by atoms with Gasteiger partial charge in [-0.25, -0.2) is 4.68 Å². The van der Waals surface area contributed by atoms with Crippen molar-refractivity contribution in [2.45, 2.75) is 16.5 Å². The molecule has 1 unspecified atom stereocenters. The van der Waals surface area contributed by atoms with Crippen LogP contribution in [0.2, 0.25) is 0 Å². The Bertz CT molecular complexity index is 385. The molecule has 78 valence electrons. The first-order valence-corrected chi connectivity index (χ1v) is 5.93. The van der Waals surface area contributed by atoms with E-state index in [2.05, 4.69) is 9.84 Å². The number of thioether (sulfide) groups is 1. The normalized spacial score (nSPS) is 12.5. The van der Waals surface area contributed by atoms with Gasteiger partial charge in [0.25, 0.3) is 0 Å². The average molecular weight is 250 g/mol. The van der Waals surface area contributed by atoms with Gasteiger partial charge in [0.05, 0.1) is 7.11 Å². The lowest BCUT2D eigenvalue weighted by Gasteiger charge is -2.04. The molecule has 1 rings (SSSR count). The lowest BCUT2D eigenvalue weighted by Crippen LogP contribution is -2.14. The first-order valence-electron chi connectivity index (χ1n) is 3.83. The van der Waals surface area contributed by atoms with Crippen molar-refractivity contribution in [3.05, 3.63) is 3.95 Å². The minimum atomic E-state index is -0.251. The number of hydrogen-bond acceptors (Lipinski definition) is 6. The monoisotopic (exact) mass is 250 g/mol. The van der Waals surface area contributed by atoms with Crippen molar-refractivity contribution >= 4 is 41.3 Å². The second-order valence-electron chi connectivity index (χ2n) is 2.54. The number of esters is 1. The number of hydrogen-bond donors (Lipinski definition) is 0. The number of aromatic nitrogens is 2. The van der Waals surface area contributed by atoms with Gasteiger partial charge < -0.3 is 4.74 Å². The van der Waals surface area contributed by atoms with Crippen molar-refractivity contribution in [2.24, 2.45) is 7.05 Å². The van der Waals surface area contributed by atoms with Gasteiger partial charge in [-0.3, -0.25) is 4.79 Å². The van der Waals surface area contributed by atoms with E-state index in [1.54, 1.807) is 18.7 Å². The predicted octanol–water partition coefficient (Wildman–Crippen LogP) is 1.86. The van der Waals surface area contributed by atoms with Crippen LogP contribution in [0.25, 0.3) is 0 Å². The number of nitrogens with zero attached hydrogens (tertiary/aromatic N) is 2. The molecule has 7 heteroatoms. The number of ether oxygens (including phenoxy) is 1. The van der Waals surface area contributed by atoms with E-state index in [1.165, 1.54) is 30.2 Å². The zero-order valence-electron chi connectivity index (χ0n) is 8.01.